The Balaban J connectivity index is 0.000000167. The highest BCUT2D eigenvalue weighted by atomic mass is 16.2. The second-order valence-electron chi connectivity index (χ2n) is 5.71. The quantitative estimate of drug-likeness (QED) is 0.335. The highest BCUT2D eigenvalue weighted by Gasteiger charge is 2.10. The van der Waals surface area contributed by atoms with Crippen LogP contribution in [0.25, 0.3) is 22.3 Å². The van der Waals surface area contributed by atoms with Crippen LogP contribution in [-0.2, 0) is 20.6 Å². The van der Waals surface area contributed by atoms with Crippen LogP contribution < -0.4 is 22.5 Å². The lowest BCUT2D eigenvalue weighted by molar-refractivity contribution is 0.823. The van der Waals surface area contributed by atoms with Crippen molar-refractivity contribution in [2.45, 2.75) is 13.5 Å². The Hall–Kier alpha value is -4.14. The molecular formula is C16H16N8O4. The number of aromatic amines is 3. The predicted octanol–water partition coefficient (Wildman–Crippen LogP) is -1.60. The lowest BCUT2D eigenvalue weighted by atomic mass is 10.5. The molecule has 0 bridgehead atoms. The molecule has 0 radical (unpaired) electrons. The summed E-state index contributed by atoms with van der Waals surface area (Å²) in [6, 6.07) is 0. The zero-order valence-electron chi connectivity index (χ0n) is 15.2. The average Bonchev–Trinajstić information content (AvgIpc) is 3.31. The Morgan fingerprint density at radius 2 is 1.61 bits per heavy atom. The second kappa shape index (κ2) is 7.23. The van der Waals surface area contributed by atoms with E-state index in [1.54, 1.807) is 25.6 Å². The molecule has 0 atom stereocenters. The third-order valence-corrected chi connectivity index (χ3v) is 3.99. The van der Waals surface area contributed by atoms with Gasteiger partial charge in [-0.15, -0.1) is 5.92 Å². The van der Waals surface area contributed by atoms with Crippen molar-refractivity contribution in [1.29, 1.82) is 0 Å². The number of nitrogens with one attached hydrogen (secondary N) is 3. The Kier molecular flexibility index (Phi) is 4.82. The summed E-state index contributed by atoms with van der Waals surface area (Å²) in [4.78, 5) is 59.9. The van der Waals surface area contributed by atoms with Gasteiger partial charge in [0.15, 0.2) is 16.8 Å². The Bertz CT molecular complexity index is 1460. The minimum Gasteiger partial charge on any atom is -0.339 e. The van der Waals surface area contributed by atoms with E-state index in [0.29, 0.717) is 28.9 Å². The van der Waals surface area contributed by atoms with Gasteiger partial charge < -0.3 is 9.55 Å². The van der Waals surface area contributed by atoms with Crippen molar-refractivity contribution in [1.82, 2.24) is 38.6 Å². The van der Waals surface area contributed by atoms with Crippen molar-refractivity contribution in [2.75, 3.05) is 0 Å². The number of imidazole rings is 2. The Morgan fingerprint density at radius 3 is 2.29 bits per heavy atom. The minimum absolute atomic E-state index is 0.317. The van der Waals surface area contributed by atoms with Crippen LogP contribution in [0.15, 0.2) is 31.8 Å². The fourth-order valence-corrected chi connectivity index (χ4v) is 2.52. The number of hydrogen-bond acceptors (Lipinski definition) is 6. The zero-order chi connectivity index (χ0) is 20.4. The largest absolute Gasteiger partial charge is 0.339 e. The molecule has 0 spiro atoms. The molecule has 0 unspecified atom stereocenters. The molecule has 0 saturated carbocycles. The smallest absolute Gasteiger partial charge is 0.329 e. The fraction of sp³-hybridized carbons (Fsp3) is 0.250. The van der Waals surface area contributed by atoms with Gasteiger partial charge in [0.05, 0.1) is 19.2 Å². The monoisotopic (exact) mass is 384 g/mol. The fourth-order valence-electron chi connectivity index (χ4n) is 2.52. The van der Waals surface area contributed by atoms with E-state index in [4.69, 9.17) is 0 Å². The molecule has 4 aromatic heterocycles. The SMILES string of the molecule is CC#CCn1cnc2c1c(=O)[nH]c(=O)n2C.Cn1c(=O)[nH]c(=O)c2[nH]cnc21. The summed E-state index contributed by atoms with van der Waals surface area (Å²) in [6.45, 7) is 2.10. The van der Waals surface area contributed by atoms with E-state index in [-0.39, 0.29) is 0 Å². The Labute approximate surface area is 155 Å². The summed E-state index contributed by atoms with van der Waals surface area (Å²) in [5.41, 5.74) is -0.389. The molecule has 0 fully saturated rings. The van der Waals surface area contributed by atoms with Gasteiger partial charge in [-0.3, -0.25) is 28.7 Å². The standard InChI is InChI=1S/C10H10N4O2.C6H6N4O2/c1-3-4-5-14-6-11-8-7(14)9(15)12-10(16)13(8)2;1-10-4-3(7-2-8-4)5(11)9-6(10)12/h6H,5H2,1-2H3,(H,12,15,16);2H,1H3,(H,7,8)(H,9,11,12). The maximum absolute atomic E-state index is 11.6. The number of nitrogens with zero attached hydrogens (tertiary/aromatic N) is 5. The van der Waals surface area contributed by atoms with E-state index in [1.165, 1.54) is 21.8 Å². The first kappa shape index (κ1) is 18.6. The van der Waals surface area contributed by atoms with Crippen molar-refractivity contribution in [3.63, 3.8) is 0 Å². The van der Waals surface area contributed by atoms with E-state index in [2.05, 4.69) is 36.8 Å². The van der Waals surface area contributed by atoms with Crippen molar-refractivity contribution >= 4 is 22.3 Å². The van der Waals surface area contributed by atoms with Gasteiger partial charge in [0.2, 0.25) is 0 Å². The minimum atomic E-state index is -0.468. The first-order valence-corrected chi connectivity index (χ1v) is 8.01. The summed E-state index contributed by atoms with van der Waals surface area (Å²) < 4.78 is 4.18. The summed E-state index contributed by atoms with van der Waals surface area (Å²) in [5, 5.41) is 0. The van der Waals surface area contributed by atoms with E-state index in [1.807, 2.05) is 0 Å². The molecular weight excluding hydrogens is 368 g/mol. The van der Waals surface area contributed by atoms with Crippen LogP contribution in [0.2, 0.25) is 0 Å². The van der Waals surface area contributed by atoms with E-state index < -0.39 is 22.5 Å². The van der Waals surface area contributed by atoms with Crippen LogP contribution in [0.4, 0.5) is 0 Å². The number of H-pyrrole nitrogens is 3. The van der Waals surface area contributed by atoms with Crippen LogP contribution in [0.1, 0.15) is 6.92 Å². The van der Waals surface area contributed by atoms with Gasteiger partial charge in [-0.05, 0) is 6.92 Å². The maximum Gasteiger partial charge on any atom is 0.329 e. The third-order valence-electron chi connectivity index (χ3n) is 3.99. The van der Waals surface area contributed by atoms with Gasteiger partial charge in [-0.2, -0.15) is 0 Å². The summed E-state index contributed by atoms with van der Waals surface area (Å²) in [5.74, 6) is 5.57. The topological polar surface area (TPSA) is 156 Å². The molecule has 0 saturated heterocycles. The number of hydrogen-bond donors (Lipinski definition) is 3. The highest BCUT2D eigenvalue weighted by Crippen LogP contribution is 2.03. The molecule has 0 aliphatic carbocycles. The van der Waals surface area contributed by atoms with Crippen LogP contribution in [0, 0.1) is 11.8 Å². The van der Waals surface area contributed by atoms with Crippen molar-refractivity contribution < 1.29 is 0 Å². The van der Waals surface area contributed by atoms with Crippen LogP contribution in [0.3, 0.4) is 0 Å². The molecule has 4 heterocycles. The molecule has 0 aliphatic heterocycles. The first-order chi connectivity index (χ1) is 13.3. The number of aromatic nitrogens is 8. The predicted molar refractivity (Wildman–Crippen MR) is 101 cm³/mol. The molecule has 0 aliphatic rings. The lowest BCUT2D eigenvalue weighted by Gasteiger charge is -1.99. The molecule has 0 aromatic carbocycles. The van der Waals surface area contributed by atoms with E-state index >= 15 is 0 Å². The van der Waals surface area contributed by atoms with Crippen molar-refractivity contribution in [3.8, 4) is 11.8 Å². The van der Waals surface area contributed by atoms with Crippen molar-refractivity contribution in [3.05, 3.63) is 54.3 Å². The van der Waals surface area contributed by atoms with Crippen LogP contribution >= 0.6 is 0 Å². The maximum atomic E-state index is 11.6. The number of aryl methyl sites for hydroxylation is 2. The summed E-state index contributed by atoms with van der Waals surface area (Å²) in [7, 11) is 3.10. The molecule has 4 aromatic rings. The average molecular weight is 384 g/mol. The molecule has 4 rings (SSSR count). The van der Waals surface area contributed by atoms with E-state index in [0.717, 1.165) is 0 Å². The molecule has 0 amide bonds. The number of fused-ring (bicyclic) bond motifs is 2. The van der Waals surface area contributed by atoms with Gasteiger partial charge >= 0.3 is 11.4 Å². The third kappa shape index (κ3) is 3.16. The second-order valence-corrected chi connectivity index (χ2v) is 5.71. The molecule has 144 valence electrons. The summed E-state index contributed by atoms with van der Waals surface area (Å²) in [6.07, 6.45) is 2.88. The number of rotatable bonds is 1. The summed E-state index contributed by atoms with van der Waals surface area (Å²) >= 11 is 0. The lowest BCUT2D eigenvalue weighted by Crippen LogP contribution is -2.29. The normalized spacial score (nSPS) is 10.4. The van der Waals surface area contributed by atoms with Gasteiger partial charge in [0.25, 0.3) is 11.1 Å². The van der Waals surface area contributed by atoms with Crippen LogP contribution in [0.5, 0.6) is 0 Å². The van der Waals surface area contributed by atoms with Gasteiger partial charge in [0.1, 0.15) is 5.52 Å². The van der Waals surface area contributed by atoms with Gasteiger partial charge in [-0.1, -0.05) is 5.92 Å². The molecule has 3 N–H and O–H groups in total. The highest BCUT2D eigenvalue weighted by molar-refractivity contribution is 5.70. The van der Waals surface area contributed by atoms with Crippen LogP contribution in [-0.4, -0.2) is 38.6 Å². The molecule has 12 nitrogen and oxygen atoms in total. The van der Waals surface area contributed by atoms with Gasteiger partial charge in [0, 0.05) is 14.1 Å². The zero-order valence-corrected chi connectivity index (χ0v) is 15.2. The first-order valence-electron chi connectivity index (χ1n) is 8.01. The van der Waals surface area contributed by atoms with Crippen molar-refractivity contribution in [2.24, 2.45) is 14.1 Å². The molecule has 28 heavy (non-hydrogen) atoms. The van der Waals surface area contributed by atoms with E-state index in [9.17, 15) is 19.2 Å². The Morgan fingerprint density at radius 1 is 0.964 bits per heavy atom. The molecule has 12 heteroatoms. The van der Waals surface area contributed by atoms with Gasteiger partial charge in [-0.25, -0.2) is 19.6 Å².